The lowest BCUT2D eigenvalue weighted by Crippen LogP contribution is -2.32. The summed E-state index contributed by atoms with van der Waals surface area (Å²) in [6.07, 6.45) is -0.634. The predicted molar refractivity (Wildman–Crippen MR) is 103 cm³/mol. The van der Waals surface area contributed by atoms with Crippen LogP contribution in [0.25, 0.3) is 0 Å². The average molecular weight is 373 g/mol. The Kier molecular flexibility index (Phi) is 8.10. The van der Waals surface area contributed by atoms with Gasteiger partial charge in [0.1, 0.15) is 24.2 Å². The molecule has 0 aliphatic heterocycles. The van der Waals surface area contributed by atoms with Gasteiger partial charge in [0.05, 0.1) is 19.3 Å². The number of nitrogens with zero attached hydrogens (tertiary/aromatic N) is 1. The van der Waals surface area contributed by atoms with Crippen LogP contribution in [0.15, 0.2) is 48.5 Å². The lowest BCUT2D eigenvalue weighted by Gasteiger charge is -2.21. The Balaban J connectivity index is 1.78. The maximum atomic E-state index is 11.6. The first-order chi connectivity index (χ1) is 13.0. The highest BCUT2D eigenvalue weighted by Gasteiger charge is 2.11. The van der Waals surface area contributed by atoms with E-state index in [9.17, 15) is 9.90 Å². The standard InChI is InChI=1S/C21H27NO5/c1-4-26-21(24)17-8-10-19(11-9-17)27-15-18(23)14-22(2)13-16-6-5-7-20(12-16)25-3/h5-12,18,23H,4,13-15H2,1-3H3/t18-/m0/s1. The highest BCUT2D eigenvalue weighted by molar-refractivity contribution is 5.89. The molecule has 0 amide bonds. The third-order valence-electron chi connectivity index (χ3n) is 3.92. The van der Waals surface area contributed by atoms with Crippen molar-refractivity contribution in [3.05, 3.63) is 59.7 Å². The molecule has 146 valence electrons. The van der Waals surface area contributed by atoms with Crippen LogP contribution in [0.1, 0.15) is 22.8 Å². The molecule has 0 saturated heterocycles. The zero-order valence-electron chi connectivity index (χ0n) is 16.1. The molecule has 0 bridgehead atoms. The number of carbonyl (C=O) groups excluding carboxylic acids is 1. The molecule has 1 N–H and O–H groups in total. The monoisotopic (exact) mass is 373 g/mol. The van der Waals surface area contributed by atoms with E-state index in [1.54, 1.807) is 38.3 Å². The summed E-state index contributed by atoms with van der Waals surface area (Å²) in [6, 6.07) is 14.5. The summed E-state index contributed by atoms with van der Waals surface area (Å²) < 4.78 is 15.8. The number of carbonyl (C=O) groups is 1. The highest BCUT2D eigenvalue weighted by atomic mass is 16.5. The van der Waals surface area contributed by atoms with E-state index in [-0.39, 0.29) is 12.6 Å². The Morgan fingerprint density at radius 2 is 1.89 bits per heavy atom. The second-order valence-electron chi connectivity index (χ2n) is 6.26. The van der Waals surface area contributed by atoms with Crippen LogP contribution in [0.2, 0.25) is 0 Å². The minimum Gasteiger partial charge on any atom is -0.497 e. The van der Waals surface area contributed by atoms with E-state index in [4.69, 9.17) is 14.2 Å². The molecular formula is C21H27NO5. The number of hydrogen-bond donors (Lipinski definition) is 1. The maximum absolute atomic E-state index is 11.6. The summed E-state index contributed by atoms with van der Waals surface area (Å²) in [4.78, 5) is 13.6. The third kappa shape index (κ3) is 6.92. The van der Waals surface area contributed by atoms with Crippen LogP contribution >= 0.6 is 0 Å². The number of benzene rings is 2. The topological polar surface area (TPSA) is 68.2 Å². The Morgan fingerprint density at radius 3 is 2.56 bits per heavy atom. The van der Waals surface area contributed by atoms with E-state index in [1.165, 1.54) is 0 Å². The van der Waals surface area contributed by atoms with Gasteiger partial charge in [-0.05, 0) is 55.9 Å². The van der Waals surface area contributed by atoms with Crippen molar-refractivity contribution in [2.75, 3.05) is 33.9 Å². The summed E-state index contributed by atoms with van der Waals surface area (Å²) in [6.45, 7) is 3.44. The van der Waals surface area contributed by atoms with Crippen molar-refractivity contribution in [1.82, 2.24) is 4.90 Å². The number of esters is 1. The molecule has 27 heavy (non-hydrogen) atoms. The molecule has 0 saturated carbocycles. The summed E-state index contributed by atoms with van der Waals surface area (Å²) in [5.41, 5.74) is 1.59. The van der Waals surface area contributed by atoms with Gasteiger partial charge in [0.15, 0.2) is 0 Å². The Morgan fingerprint density at radius 1 is 1.15 bits per heavy atom. The number of hydrogen-bond acceptors (Lipinski definition) is 6. The van der Waals surface area contributed by atoms with Gasteiger partial charge in [0, 0.05) is 13.1 Å². The van der Waals surface area contributed by atoms with Gasteiger partial charge in [0.2, 0.25) is 0 Å². The first-order valence-corrected chi connectivity index (χ1v) is 8.91. The van der Waals surface area contributed by atoms with Crippen molar-refractivity contribution in [2.45, 2.75) is 19.6 Å². The summed E-state index contributed by atoms with van der Waals surface area (Å²) in [7, 11) is 3.58. The number of aliphatic hydroxyl groups excluding tert-OH is 1. The molecule has 0 spiro atoms. The Bertz CT molecular complexity index is 717. The molecule has 0 unspecified atom stereocenters. The molecule has 2 aromatic rings. The molecule has 2 aromatic carbocycles. The molecule has 1 atom stereocenters. The Hall–Kier alpha value is -2.57. The van der Waals surface area contributed by atoms with Crippen LogP contribution in [0.3, 0.4) is 0 Å². The fraction of sp³-hybridized carbons (Fsp3) is 0.381. The molecule has 2 rings (SSSR count). The van der Waals surface area contributed by atoms with Gasteiger partial charge in [-0.2, -0.15) is 0 Å². The normalized spacial score (nSPS) is 11.9. The number of rotatable bonds is 10. The van der Waals surface area contributed by atoms with Crippen molar-refractivity contribution in [1.29, 1.82) is 0 Å². The maximum Gasteiger partial charge on any atom is 0.338 e. The van der Waals surface area contributed by atoms with Crippen molar-refractivity contribution in [3.63, 3.8) is 0 Å². The van der Waals surface area contributed by atoms with E-state index in [1.807, 2.05) is 36.2 Å². The average Bonchev–Trinajstić information content (AvgIpc) is 2.67. The minimum absolute atomic E-state index is 0.168. The molecule has 0 aromatic heterocycles. The summed E-state index contributed by atoms with van der Waals surface area (Å²) >= 11 is 0. The van der Waals surface area contributed by atoms with Gasteiger partial charge in [-0.15, -0.1) is 0 Å². The van der Waals surface area contributed by atoms with Gasteiger partial charge < -0.3 is 19.3 Å². The number of likely N-dealkylation sites (N-methyl/N-ethyl adjacent to an activating group) is 1. The smallest absolute Gasteiger partial charge is 0.338 e. The largest absolute Gasteiger partial charge is 0.497 e. The van der Waals surface area contributed by atoms with Crippen molar-refractivity contribution in [2.24, 2.45) is 0 Å². The van der Waals surface area contributed by atoms with E-state index in [2.05, 4.69) is 0 Å². The van der Waals surface area contributed by atoms with Crippen molar-refractivity contribution < 1.29 is 24.1 Å². The Labute approximate surface area is 160 Å². The zero-order chi connectivity index (χ0) is 19.6. The quantitative estimate of drug-likeness (QED) is 0.646. The second-order valence-corrected chi connectivity index (χ2v) is 6.26. The first kappa shape index (κ1) is 20.7. The fourth-order valence-corrected chi connectivity index (χ4v) is 2.65. The number of aliphatic hydroxyl groups is 1. The number of methoxy groups -OCH3 is 1. The van der Waals surface area contributed by atoms with Gasteiger partial charge in [-0.1, -0.05) is 12.1 Å². The SMILES string of the molecule is CCOC(=O)c1ccc(OC[C@@H](O)CN(C)Cc2cccc(OC)c2)cc1. The van der Waals surface area contributed by atoms with Crippen molar-refractivity contribution >= 4 is 5.97 Å². The first-order valence-electron chi connectivity index (χ1n) is 8.91. The zero-order valence-corrected chi connectivity index (χ0v) is 16.1. The van der Waals surface area contributed by atoms with E-state index < -0.39 is 6.10 Å². The lowest BCUT2D eigenvalue weighted by molar-refractivity contribution is 0.0525. The van der Waals surface area contributed by atoms with Crippen LogP contribution in [0, 0.1) is 0 Å². The minimum atomic E-state index is -0.634. The van der Waals surface area contributed by atoms with Crippen LogP contribution in [-0.2, 0) is 11.3 Å². The molecule has 6 nitrogen and oxygen atoms in total. The predicted octanol–water partition coefficient (Wildman–Crippen LogP) is 2.74. The molecular weight excluding hydrogens is 346 g/mol. The summed E-state index contributed by atoms with van der Waals surface area (Å²) in [5.74, 6) is 1.05. The van der Waals surface area contributed by atoms with E-state index >= 15 is 0 Å². The molecule has 0 radical (unpaired) electrons. The highest BCUT2D eigenvalue weighted by Crippen LogP contribution is 2.15. The van der Waals surface area contributed by atoms with E-state index in [0.717, 1.165) is 11.3 Å². The fourth-order valence-electron chi connectivity index (χ4n) is 2.65. The summed E-state index contributed by atoms with van der Waals surface area (Å²) in [5, 5.41) is 10.2. The second kappa shape index (κ2) is 10.5. The molecule has 0 heterocycles. The van der Waals surface area contributed by atoms with Crippen LogP contribution in [-0.4, -0.2) is 56.0 Å². The van der Waals surface area contributed by atoms with E-state index in [0.29, 0.717) is 31.0 Å². The van der Waals surface area contributed by atoms with Crippen LogP contribution in [0.5, 0.6) is 11.5 Å². The molecule has 0 fully saturated rings. The van der Waals surface area contributed by atoms with Gasteiger partial charge in [0.25, 0.3) is 0 Å². The molecule has 0 aliphatic carbocycles. The van der Waals surface area contributed by atoms with Crippen LogP contribution in [0.4, 0.5) is 0 Å². The van der Waals surface area contributed by atoms with Gasteiger partial charge in [-0.3, -0.25) is 4.90 Å². The third-order valence-corrected chi connectivity index (χ3v) is 3.92. The number of ether oxygens (including phenoxy) is 3. The van der Waals surface area contributed by atoms with Crippen LogP contribution < -0.4 is 9.47 Å². The lowest BCUT2D eigenvalue weighted by atomic mass is 10.2. The van der Waals surface area contributed by atoms with Gasteiger partial charge in [-0.25, -0.2) is 4.79 Å². The molecule has 6 heteroatoms. The molecule has 0 aliphatic rings. The van der Waals surface area contributed by atoms with Gasteiger partial charge >= 0.3 is 5.97 Å². The van der Waals surface area contributed by atoms with Crippen molar-refractivity contribution in [3.8, 4) is 11.5 Å².